The average Bonchev–Trinajstić information content (AvgIpc) is 3.14. The maximum absolute atomic E-state index is 12.2. The van der Waals surface area contributed by atoms with Gasteiger partial charge in [-0.15, -0.1) is 0 Å². The Morgan fingerprint density at radius 1 is 1.33 bits per heavy atom. The van der Waals surface area contributed by atoms with Gasteiger partial charge in [0.15, 0.2) is 17.1 Å². The number of rotatable bonds is 6. The Hall–Kier alpha value is -2.76. The van der Waals surface area contributed by atoms with Crippen LogP contribution in [0.15, 0.2) is 34.7 Å². The normalized spacial score (nSPS) is 11.0. The van der Waals surface area contributed by atoms with Crippen molar-refractivity contribution in [1.82, 2.24) is 15.1 Å². The van der Waals surface area contributed by atoms with Crippen molar-refractivity contribution in [1.29, 1.82) is 0 Å². The zero-order chi connectivity index (χ0) is 17.1. The van der Waals surface area contributed by atoms with Crippen LogP contribution in [0.1, 0.15) is 28.4 Å². The molecule has 0 atom stereocenters. The predicted octanol–water partition coefficient (Wildman–Crippen LogP) is 3.07. The van der Waals surface area contributed by atoms with Crippen LogP contribution in [-0.4, -0.2) is 29.3 Å². The Labute approximate surface area is 140 Å². The Kier molecular flexibility index (Phi) is 4.55. The average molecular weight is 327 g/mol. The van der Waals surface area contributed by atoms with Crippen molar-refractivity contribution in [3.8, 4) is 5.75 Å². The number of ether oxygens (including phenoxy) is 1. The minimum Gasteiger partial charge on any atom is -0.493 e. The summed E-state index contributed by atoms with van der Waals surface area (Å²) in [5, 5.41) is 8.13. The minimum absolute atomic E-state index is 0.221. The Balaban J connectivity index is 1.58. The smallest absolute Gasteiger partial charge is 0.287 e. The summed E-state index contributed by atoms with van der Waals surface area (Å²) < 4.78 is 12.8. The fourth-order valence-corrected chi connectivity index (χ4v) is 2.73. The number of aryl methyl sites for hydroxylation is 3. The highest BCUT2D eigenvalue weighted by Crippen LogP contribution is 2.28. The molecular formula is C18H21N3O3. The zero-order valence-corrected chi connectivity index (χ0v) is 14.1. The zero-order valence-electron chi connectivity index (χ0n) is 14.1. The molecular weight excluding hydrogens is 306 g/mol. The van der Waals surface area contributed by atoms with Gasteiger partial charge in [-0.05, 0) is 38.5 Å². The summed E-state index contributed by atoms with van der Waals surface area (Å²) >= 11 is 0. The third kappa shape index (κ3) is 3.27. The number of para-hydroxylation sites is 1. The van der Waals surface area contributed by atoms with E-state index in [4.69, 9.17) is 9.15 Å². The SMILES string of the molecule is COc1cccc2cc(C(=O)NCCCn3nc(C)cc3C)oc12. The van der Waals surface area contributed by atoms with Gasteiger partial charge in [-0.1, -0.05) is 12.1 Å². The fraction of sp³-hybridized carbons (Fsp3) is 0.333. The Morgan fingerprint density at radius 2 is 2.17 bits per heavy atom. The van der Waals surface area contributed by atoms with Crippen molar-refractivity contribution in [2.24, 2.45) is 0 Å². The summed E-state index contributed by atoms with van der Waals surface area (Å²) in [6, 6.07) is 9.34. The van der Waals surface area contributed by atoms with E-state index in [1.165, 1.54) is 0 Å². The standard InChI is InChI=1S/C18H21N3O3/c1-12-10-13(2)21(20-12)9-5-8-19-18(22)16-11-14-6-4-7-15(23-3)17(14)24-16/h4,6-7,10-11H,5,8-9H2,1-3H3,(H,19,22). The number of nitrogens with zero attached hydrogens (tertiary/aromatic N) is 2. The number of methoxy groups -OCH3 is 1. The second-order valence-electron chi connectivity index (χ2n) is 5.75. The van der Waals surface area contributed by atoms with E-state index in [9.17, 15) is 4.79 Å². The second-order valence-corrected chi connectivity index (χ2v) is 5.75. The molecule has 6 nitrogen and oxygen atoms in total. The van der Waals surface area contributed by atoms with Gasteiger partial charge in [0.25, 0.3) is 5.91 Å². The number of nitrogens with one attached hydrogen (secondary N) is 1. The van der Waals surface area contributed by atoms with Crippen molar-refractivity contribution in [3.63, 3.8) is 0 Å². The first-order valence-electron chi connectivity index (χ1n) is 7.94. The van der Waals surface area contributed by atoms with Gasteiger partial charge in [-0.25, -0.2) is 0 Å². The Morgan fingerprint density at radius 3 is 2.88 bits per heavy atom. The van der Waals surface area contributed by atoms with E-state index in [0.717, 1.165) is 29.7 Å². The van der Waals surface area contributed by atoms with Crippen LogP contribution < -0.4 is 10.1 Å². The molecule has 0 aliphatic heterocycles. The summed E-state index contributed by atoms with van der Waals surface area (Å²) in [6.45, 7) is 5.33. The maximum atomic E-state index is 12.2. The molecule has 0 saturated carbocycles. The lowest BCUT2D eigenvalue weighted by atomic mass is 10.2. The van der Waals surface area contributed by atoms with Gasteiger partial charge in [0.05, 0.1) is 12.8 Å². The molecule has 0 spiro atoms. The van der Waals surface area contributed by atoms with E-state index < -0.39 is 0 Å². The molecule has 126 valence electrons. The third-order valence-electron chi connectivity index (χ3n) is 3.89. The molecule has 2 heterocycles. The van der Waals surface area contributed by atoms with E-state index in [0.29, 0.717) is 23.6 Å². The van der Waals surface area contributed by atoms with Crippen LogP contribution in [0.2, 0.25) is 0 Å². The molecule has 3 aromatic rings. The molecule has 6 heteroatoms. The number of furan rings is 1. The van der Waals surface area contributed by atoms with E-state index in [1.54, 1.807) is 13.2 Å². The number of amides is 1. The van der Waals surface area contributed by atoms with Gasteiger partial charge in [0, 0.05) is 24.2 Å². The van der Waals surface area contributed by atoms with Crippen LogP contribution in [0.25, 0.3) is 11.0 Å². The number of aromatic nitrogens is 2. The highest BCUT2D eigenvalue weighted by molar-refractivity contribution is 5.97. The van der Waals surface area contributed by atoms with E-state index in [-0.39, 0.29) is 5.91 Å². The van der Waals surface area contributed by atoms with Crippen LogP contribution >= 0.6 is 0 Å². The van der Waals surface area contributed by atoms with E-state index in [2.05, 4.69) is 10.4 Å². The van der Waals surface area contributed by atoms with Gasteiger partial charge in [-0.3, -0.25) is 9.48 Å². The largest absolute Gasteiger partial charge is 0.493 e. The fourth-order valence-electron chi connectivity index (χ4n) is 2.73. The molecule has 0 aliphatic rings. The summed E-state index contributed by atoms with van der Waals surface area (Å²) in [5.41, 5.74) is 2.73. The van der Waals surface area contributed by atoms with Gasteiger partial charge >= 0.3 is 0 Å². The summed E-state index contributed by atoms with van der Waals surface area (Å²) in [7, 11) is 1.58. The second kappa shape index (κ2) is 6.78. The predicted molar refractivity (Wildman–Crippen MR) is 91.4 cm³/mol. The third-order valence-corrected chi connectivity index (χ3v) is 3.89. The number of benzene rings is 1. The number of fused-ring (bicyclic) bond motifs is 1. The Bertz CT molecular complexity index is 864. The first kappa shape index (κ1) is 16.1. The highest BCUT2D eigenvalue weighted by Gasteiger charge is 2.14. The molecule has 0 radical (unpaired) electrons. The van der Waals surface area contributed by atoms with Crippen LogP contribution in [0.5, 0.6) is 5.75 Å². The number of carbonyl (C=O) groups is 1. The molecule has 1 N–H and O–H groups in total. The molecule has 0 saturated heterocycles. The maximum Gasteiger partial charge on any atom is 0.287 e. The molecule has 0 unspecified atom stereocenters. The topological polar surface area (TPSA) is 69.3 Å². The molecule has 24 heavy (non-hydrogen) atoms. The van der Waals surface area contributed by atoms with Gasteiger partial charge in [-0.2, -0.15) is 5.10 Å². The van der Waals surface area contributed by atoms with E-state index >= 15 is 0 Å². The van der Waals surface area contributed by atoms with Gasteiger partial charge < -0.3 is 14.5 Å². The number of hydrogen-bond donors (Lipinski definition) is 1. The van der Waals surface area contributed by atoms with Gasteiger partial charge in [0.2, 0.25) is 0 Å². The van der Waals surface area contributed by atoms with Crippen LogP contribution in [0.3, 0.4) is 0 Å². The lowest BCUT2D eigenvalue weighted by Crippen LogP contribution is -2.25. The van der Waals surface area contributed by atoms with Crippen molar-refractivity contribution in [2.45, 2.75) is 26.8 Å². The van der Waals surface area contributed by atoms with Crippen molar-refractivity contribution < 1.29 is 13.9 Å². The van der Waals surface area contributed by atoms with Crippen molar-refractivity contribution >= 4 is 16.9 Å². The lowest BCUT2D eigenvalue weighted by Gasteiger charge is -2.05. The van der Waals surface area contributed by atoms with Crippen molar-refractivity contribution in [3.05, 3.63) is 47.5 Å². The molecule has 1 amide bonds. The summed E-state index contributed by atoms with van der Waals surface area (Å²) in [5.74, 6) is 0.693. The van der Waals surface area contributed by atoms with Gasteiger partial charge in [0.1, 0.15) is 0 Å². The molecule has 0 aliphatic carbocycles. The van der Waals surface area contributed by atoms with Crippen LogP contribution in [0.4, 0.5) is 0 Å². The first-order chi connectivity index (χ1) is 11.6. The quantitative estimate of drug-likeness (QED) is 0.706. The van der Waals surface area contributed by atoms with Crippen LogP contribution in [-0.2, 0) is 6.54 Å². The molecule has 2 aromatic heterocycles. The minimum atomic E-state index is -0.221. The summed E-state index contributed by atoms with van der Waals surface area (Å²) in [4.78, 5) is 12.2. The number of hydrogen-bond acceptors (Lipinski definition) is 4. The van der Waals surface area contributed by atoms with E-state index in [1.807, 2.05) is 42.8 Å². The molecule has 0 fully saturated rings. The molecule has 3 rings (SSSR count). The highest BCUT2D eigenvalue weighted by atomic mass is 16.5. The summed E-state index contributed by atoms with van der Waals surface area (Å²) in [6.07, 6.45) is 0.803. The first-order valence-corrected chi connectivity index (χ1v) is 7.94. The lowest BCUT2D eigenvalue weighted by molar-refractivity contribution is 0.0927. The molecule has 0 bridgehead atoms. The monoisotopic (exact) mass is 327 g/mol. The van der Waals surface area contributed by atoms with Crippen LogP contribution in [0, 0.1) is 13.8 Å². The van der Waals surface area contributed by atoms with Crippen molar-refractivity contribution in [2.75, 3.05) is 13.7 Å². The molecule has 1 aromatic carbocycles. The number of carbonyl (C=O) groups excluding carboxylic acids is 1.